The van der Waals surface area contributed by atoms with Crippen molar-refractivity contribution in [3.05, 3.63) is 47.3 Å². The van der Waals surface area contributed by atoms with Crippen LogP contribution in [-0.2, 0) is 26.6 Å². The highest BCUT2D eigenvalue weighted by atomic mass is 32.2. The highest BCUT2D eigenvalue weighted by molar-refractivity contribution is 7.90. The van der Waals surface area contributed by atoms with Gasteiger partial charge in [0.05, 0.1) is 22.6 Å². The lowest BCUT2D eigenvalue weighted by atomic mass is 9.74. The molecule has 0 aliphatic heterocycles. The number of alkyl halides is 2. The van der Waals surface area contributed by atoms with E-state index in [1.165, 1.54) is 12.1 Å². The van der Waals surface area contributed by atoms with Gasteiger partial charge in [-0.1, -0.05) is 12.1 Å². The summed E-state index contributed by atoms with van der Waals surface area (Å²) in [6.07, 6.45) is 3.62. The van der Waals surface area contributed by atoms with Gasteiger partial charge in [0, 0.05) is 37.6 Å². The first kappa shape index (κ1) is 22.4. The summed E-state index contributed by atoms with van der Waals surface area (Å²) in [6.45, 7) is 0. The van der Waals surface area contributed by atoms with Crippen LogP contribution >= 0.6 is 0 Å². The van der Waals surface area contributed by atoms with E-state index >= 15 is 0 Å². The molecule has 1 aromatic heterocycles. The zero-order chi connectivity index (χ0) is 23.3. The Morgan fingerprint density at radius 3 is 2.47 bits per heavy atom. The molecule has 1 aromatic carbocycles. The van der Waals surface area contributed by atoms with Crippen molar-refractivity contribution < 1.29 is 22.0 Å². The summed E-state index contributed by atoms with van der Waals surface area (Å²) >= 11 is 0. The maximum atomic E-state index is 14.0. The maximum absolute atomic E-state index is 14.0. The number of aromatic nitrogens is 2. The molecule has 32 heavy (non-hydrogen) atoms. The molecule has 1 amide bonds. The summed E-state index contributed by atoms with van der Waals surface area (Å²) in [5, 5.41) is 14.2. The van der Waals surface area contributed by atoms with Gasteiger partial charge in [-0.2, -0.15) is 10.4 Å². The van der Waals surface area contributed by atoms with Crippen LogP contribution in [0.3, 0.4) is 0 Å². The average Bonchev–Trinajstić information content (AvgIpc) is 3.41. The lowest BCUT2D eigenvalue weighted by molar-refractivity contribution is -0.130. The molecule has 0 bridgehead atoms. The number of halogens is 2. The molecule has 2 aliphatic carbocycles. The lowest BCUT2D eigenvalue weighted by Crippen LogP contribution is -2.39. The topological polar surface area (TPSA) is 119 Å². The molecule has 0 saturated heterocycles. The molecule has 2 fully saturated rings. The van der Waals surface area contributed by atoms with Gasteiger partial charge in [-0.25, -0.2) is 17.2 Å². The lowest BCUT2D eigenvalue weighted by Gasteiger charge is -2.33. The van der Waals surface area contributed by atoms with E-state index in [0.717, 1.165) is 17.4 Å². The van der Waals surface area contributed by atoms with Gasteiger partial charge in [-0.3, -0.25) is 9.48 Å². The molecule has 0 spiro atoms. The van der Waals surface area contributed by atoms with Crippen LogP contribution in [0.2, 0.25) is 0 Å². The summed E-state index contributed by atoms with van der Waals surface area (Å²) < 4.78 is 53.1. The number of nitrogens with two attached hydrogens (primary N) is 1. The molecule has 2 aliphatic rings. The Morgan fingerprint density at radius 2 is 1.94 bits per heavy atom. The molecule has 2 aromatic rings. The van der Waals surface area contributed by atoms with E-state index in [1.54, 1.807) is 23.0 Å². The van der Waals surface area contributed by atoms with E-state index in [0.29, 0.717) is 25.0 Å². The number of benzene rings is 1. The molecule has 2 N–H and O–H groups in total. The highest BCUT2D eigenvalue weighted by Crippen LogP contribution is 2.47. The van der Waals surface area contributed by atoms with Gasteiger partial charge in [0.1, 0.15) is 5.54 Å². The highest BCUT2D eigenvalue weighted by Gasteiger charge is 2.49. The number of hydrogen-bond donors (Lipinski definition) is 1. The predicted octanol–water partition coefficient (Wildman–Crippen LogP) is 2.89. The van der Waals surface area contributed by atoms with Crippen molar-refractivity contribution in [3.8, 4) is 6.07 Å². The number of nitrogens with zero attached hydrogens (tertiary/aromatic N) is 3. The zero-order valence-corrected chi connectivity index (χ0v) is 18.4. The van der Waals surface area contributed by atoms with Crippen molar-refractivity contribution in [2.24, 2.45) is 11.7 Å². The van der Waals surface area contributed by atoms with Crippen LogP contribution < -0.4 is 5.73 Å². The largest absolute Gasteiger partial charge is 0.369 e. The van der Waals surface area contributed by atoms with E-state index in [9.17, 15) is 27.3 Å². The van der Waals surface area contributed by atoms with E-state index in [2.05, 4.69) is 11.2 Å². The zero-order valence-electron chi connectivity index (χ0n) is 17.6. The number of amides is 1. The molecule has 170 valence electrons. The van der Waals surface area contributed by atoms with Crippen LogP contribution in [0.1, 0.15) is 54.8 Å². The number of nitriles is 1. The van der Waals surface area contributed by atoms with Gasteiger partial charge in [0.15, 0.2) is 9.84 Å². The van der Waals surface area contributed by atoms with Gasteiger partial charge < -0.3 is 5.73 Å². The fraction of sp³-hybridized carbons (Fsp3) is 0.500. The minimum Gasteiger partial charge on any atom is -0.369 e. The molecular weight excluding hydrogens is 438 g/mol. The van der Waals surface area contributed by atoms with Crippen LogP contribution in [0.4, 0.5) is 8.78 Å². The standard InChI is InChI=1S/C22H24F2N4O3S/c1-32(30,31)16-4-2-14(3-5-16)10-15-12-28(21(13-25)8-9-21)27-19(15)17-6-7-22(23,24)11-18(17)20(26)29/h2-5,12,17-18H,6-11H2,1H3,(H2,26,29)/t17-,18-/m1/s1. The Morgan fingerprint density at radius 1 is 1.28 bits per heavy atom. The van der Waals surface area contributed by atoms with Gasteiger partial charge in [-0.15, -0.1) is 0 Å². The fourth-order valence-corrected chi connectivity index (χ4v) is 5.07. The van der Waals surface area contributed by atoms with Crippen molar-refractivity contribution in [1.29, 1.82) is 5.26 Å². The Bertz CT molecular complexity index is 1190. The van der Waals surface area contributed by atoms with Gasteiger partial charge in [-0.05, 0) is 42.5 Å². The molecule has 1 heterocycles. The van der Waals surface area contributed by atoms with Crippen LogP contribution in [-0.4, -0.2) is 36.3 Å². The maximum Gasteiger partial charge on any atom is 0.249 e. The van der Waals surface area contributed by atoms with Crippen LogP contribution in [0.25, 0.3) is 0 Å². The van der Waals surface area contributed by atoms with E-state index in [-0.39, 0.29) is 17.7 Å². The first-order chi connectivity index (χ1) is 14.9. The summed E-state index contributed by atoms with van der Waals surface area (Å²) in [7, 11) is -3.33. The fourth-order valence-electron chi connectivity index (χ4n) is 4.44. The molecule has 10 heteroatoms. The minimum absolute atomic E-state index is 0.0667. The Hall–Kier alpha value is -2.80. The molecule has 0 radical (unpaired) electrons. The molecular formula is C22H24F2N4O3S. The first-order valence-electron chi connectivity index (χ1n) is 10.4. The van der Waals surface area contributed by atoms with Crippen LogP contribution in [0.5, 0.6) is 0 Å². The third-order valence-electron chi connectivity index (χ3n) is 6.48. The molecule has 7 nitrogen and oxygen atoms in total. The molecule has 4 rings (SSSR count). The van der Waals surface area contributed by atoms with Crippen molar-refractivity contribution in [2.75, 3.05) is 6.26 Å². The van der Waals surface area contributed by atoms with Crippen molar-refractivity contribution in [3.63, 3.8) is 0 Å². The number of primary amides is 1. The second-order valence-electron chi connectivity index (χ2n) is 8.93. The monoisotopic (exact) mass is 462 g/mol. The van der Waals surface area contributed by atoms with Crippen molar-refractivity contribution in [2.45, 2.75) is 60.8 Å². The summed E-state index contributed by atoms with van der Waals surface area (Å²) in [6, 6.07) is 8.68. The Labute approximate surface area is 185 Å². The number of carbonyl (C=O) groups excluding carboxylic acids is 1. The van der Waals surface area contributed by atoms with Crippen LogP contribution in [0.15, 0.2) is 35.4 Å². The van der Waals surface area contributed by atoms with Gasteiger partial charge in [0.2, 0.25) is 11.8 Å². The second kappa shape index (κ2) is 7.66. The third kappa shape index (κ3) is 4.26. The summed E-state index contributed by atoms with van der Waals surface area (Å²) in [5.74, 6) is -5.35. The number of carbonyl (C=O) groups is 1. The molecule has 0 unspecified atom stereocenters. The smallest absolute Gasteiger partial charge is 0.249 e. The normalized spacial score (nSPS) is 23.9. The number of sulfone groups is 1. The van der Waals surface area contributed by atoms with Crippen molar-refractivity contribution >= 4 is 15.7 Å². The SMILES string of the molecule is CS(=O)(=O)c1ccc(Cc2cn(C3(C#N)CC3)nc2[C@@H]2CCC(F)(F)C[C@H]2C(N)=O)cc1. The minimum atomic E-state index is -3.33. The van der Waals surface area contributed by atoms with E-state index in [4.69, 9.17) is 5.73 Å². The van der Waals surface area contributed by atoms with Crippen LogP contribution in [0, 0.1) is 17.2 Å². The Kier molecular flexibility index (Phi) is 5.36. The van der Waals surface area contributed by atoms with Gasteiger partial charge in [0.25, 0.3) is 0 Å². The first-order valence-corrected chi connectivity index (χ1v) is 12.3. The Balaban J connectivity index is 1.72. The van der Waals surface area contributed by atoms with E-state index < -0.39 is 45.5 Å². The summed E-state index contributed by atoms with van der Waals surface area (Å²) in [5.41, 5.74) is 6.79. The number of rotatable bonds is 6. The second-order valence-corrected chi connectivity index (χ2v) is 11.0. The van der Waals surface area contributed by atoms with Gasteiger partial charge >= 0.3 is 0 Å². The predicted molar refractivity (Wildman–Crippen MR) is 112 cm³/mol. The summed E-state index contributed by atoms with van der Waals surface area (Å²) in [4.78, 5) is 12.2. The number of hydrogen-bond acceptors (Lipinski definition) is 5. The molecule has 2 saturated carbocycles. The average molecular weight is 463 g/mol. The third-order valence-corrected chi connectivity index (χ3v) is 7.61. The van der Waals surface area contributed by atoms with Crippen molar-refractivity contribution in [1.82, 2.24) is 9.78 Å². The molecule has 2 atom stereocenters. The van der Waals surface area contributed by atoms with E-state index in [1.807, 2.05) is 0 Å². The quantitative estimate of drug-likeness (QED) is 0.708.